The predicted octanol–water partition coefficient (Wildman–Crippen LogP) is 6.82. The highest BCUT2D eigenvalue weighted by Crippen LogP contribution is 2.21. The Kier molecular flexibility index (Phi) is 7.16. The fourth-order valence-corrected chi connectivity index (χ4v) is 3.61. The van der Waals surface area contributed by atoms with Gasteiger partial charge in [0, 0.05) is 22.3 Å². The Balaban J connectivity index is 0.000000162. The van der Waals surface area contributed by atoms with Crippen LogP contribution in [0.15, 0.2) is 133 Å². The maximum atomic E-state index is 12.5. The van der Waals surface area contributed by atoms with Crippen LogP contribution in [0.2, 0.25) is 0 Å². The van der Waals surface area contributed by atoms with E-state index in [1.807, 2.05) is 84.9 Å². The van der Waals surface area contributed by atoms with E-state index in [9.17, 15) is 14.4 Å². The molecule has 0 radical (unpaired) electrons. The van der Waals surface area contributed by atoms with Crippen LogP contribution in [0, 0.1) is 0 Å². The Labute approximate surface area is 198 Å². The van der Waals surface area contributed by atoms with Crippen LogP contribution in [-0.4, -0.2) is 17.3 Å². The number of ketones is 3. The van der Waals surface area contributed by atoms with Crippen molar-refractivity contribution in [3.63, 3.8) is 0 Å². The van der Waals surface area contributed by atoms with Gasteiger partial charge in [0.1, 0.15) is 0 Å². The van der Waals surface area contributed by atoms with E-state index < -0.39 is 11.6 Å². The van der Waals surface area contributed by atoms with E-state index >= 15 is 0 Å². The molecule has 0 amide bonds. The molecule has 0 N–H and O–H groups in total. The zero-order valence-electron chi connectivity index (χ0n) is 18.4. The van der Waals surface area contributed by atoms with Gasteiger partial charge < -0.3 is 0 Å². The summed E-state index contributed by atoms with van der Waals surface area (Å²) in [5, 5.41) is 2.10. The molecule has 0 heterocycles. The van der Waals surface area contributed by atoms with Crippen LogP contribution in [0.3, 0.4) is 0 Å². The molecule has 5 aromatic carbocycles. The van der Waals surface area contributed by atoms with Crippen molar-refractivity contribution >= 4 is 28.1 Å². The third-order valence-electron chi connectivity index (χ3n) is 5.35. The van der Waals surface area contributed by atoms with E-state index in [1.165, 1.54) is 0 Å². The van der Waals surface area contributed by atoms with Crippen molar-refractivity contribution in [3.05, 3.63) is 156 Å². The minimum Gasteiger partial charge on any atom is -0.289 e. The van der Waals surface area contributed by atoms with Gasteiger partial charge in [0.25, 0.3) is 0 Å². The number of benzene rings is 5. The van der Waals surface area contributed by atoms with Gasteiger partial charge in [-0.05, 0) is 10.8 Å². The molecule has 0 bridgehead atoms. The summed E-state index contributed by atoms with van der Waals surface area (Å²) in [4.78, 5) is 36.1. The van der Waals surface area contributed by atoms with E-state index in [0.717, 1.165) is 21.9 Å². The van der Waals surface area contributed by atoms with Gasteiger partial charge >= 0.3 is 0 Å². The minimum atomic E-state index is -0.466. The topological polar surface area (TPSA) is 51.2 Å². The highest BCUT2D eigenvalue weighted by Gasteiger charge is 2.17. The molecule has 0 aromatic heterocycles. The molecule has 0 aliphatic carbocycles. The molecule has 0 saturated heterocycles. The third-order valence-corrected chi connectivity index (χ3v) is 5.35. The number of carbonyl (C=O) groups excluding carboxylic acids is 3. The lowest BCUT2D eigenvalue weighted by atomic mass is 9.97. The molecule has 3 heteroatoms. The zero-order chi connectivity index (χ0) is 23.8. The average Bonchev–Trinajstić information content (AvgIpc) is 2.93. The molecule has 3 nitrogen and oxygen atoms in total. The van der Waals surface area contributed by atoms with E-state index in [2.05, 4.69) is 0 Å². The van der Waals surface area contributed by atoms with Crippen molar-refractivity contribution in [1.82, 2.24) is 0 Å². The lowest BCUT2D eigenvalue weighted by Crippen LogP contribution is -2.14. The van der Waals surface area contributed by atoms with E-state index in [-0.39, 0.29) is 5.78 Å². The Morgan fingerprint density at radius 2 is 0.794 bits per heavy atom. The van der Waals surface area contributed by atoms with Crippen LogP contribution in [-0.2, 0) is 0 Å². The molecule has 5 aromatic rings. The number of fused-ring (bicyclic) bond motifs is 1. The molecule has 5 rings (SSSR count). The quantitative estimate of drug-likeness (QED) is 0.222. The molecule has 0 fully saturated rings. The van der Waals surface area contributed by atoms with Crippen molar-refractivity contribution in [2.24, 2.45) is 0 Å². The zero-order valence-corrected chi connectivity index (χ0v) is 18.4. The molecule has 34 heavy (non-hydrogen) atoms. The van der Waals surface area contributed by atoms with E-state index in [4.69, 9.17) is 0 Å². The van der Waals surface area contributed by atoms with E-state index in [0.29, 0.717) is 11.1 Å². The fraction of sp³-hybridized carbons (Fsp3) is 0. The summed E-state index contributed by atoms with van der Waals surface area (Å²) in [6, 6.07) is 40.4. The predicted molar refractivity (Wildman–Crippen MR) is 135 cm³/mol. The first kappa shape index (κ1) is 22.6. The van der Waals surface area contributed by atoms with Crippen LogP contribution in [0.1, 0.15) is 36.6 Å². The minimum absolute atomic E-state index is 0.0763. The smallest absolute Gasteiger partial charge is 0.233 e. The van der Waals surface area contributed by atoms with Crippen molar-refractivity contribution < 1.29 is 14.4 Å². The van der Waals surface area contributed by atoms with Crippen LogP contribution in [0.25, 0.3) is 10.8 Å². The monoisotopic (exact) mass is 442 g/mol. The van der Waals surface area contributed by atoms with Gasteiger partial charge in [-0.15, -0.1) is 0 Å². The molecular formula is C31H22O3. The largest absolute Gasteiger partial charge is 0.289 e. The summed E-state index contributed by atoms with van der Waals surface area (Å²) < 4.78 is 0. The molecule has 0 aliphatic rings. The highest BCUT2D eigenvalue weighted by molar-refractivity contribution is 6.49. The summed E-state index contributed by atoms with van der Waals surface area (Å²) in [5.41, 5.74) is 2.35. The average molecular weight is 443 g/mol. The Morgan fingerprint density at radius 1 is 0.382 bits per heavy atom. The number of hydrogen-bond acceptors (Lipinski definition) is 3. The van der Waals surface area contributed by atoms with E-state index in [1.54, 1.807) is 48.5 Å². The van der Waals surface area contributed by atoms with Gasteiger partial charge in [-0.2, -0.15) is 0 Å². The Hall–Kier alpha value is -4.63. The molecule has 0 aliphatic heterocycles. The maximum Gasteiger partial charge on any atom is 0.233 e. The van der Waals surface area contributed by atoms with Crippen molar-refractivity contribution in [2.75, 3.05) is 0 Å². The van der Waals surface area contributed by atoms with Gasteiger partial charge in [0.15, 0.2) is 5.78 Å². The van der Waals surface area contributed by atoms with Crippen LogP contribution in [0.5, 0.6) is 0 Å². The SMILES string of the molecule is O=C(C(=O)c1ccccc1)c1ccccc1.O=C(c1ccccc1)c1cccc2ccccc12. The third kappa shape index (κ3) is 5.22. The van der Waals surface area contributed by atoms with Gasteiger partial charge in [-0.25, -0.2) is 0 Å². The van der Waals surface area contributed by atoms with Crippen molar-refractivity contribution in [3.8, 4) is 0 Å². The first-order valence-corrected chi connectivity index (χ1v) is 10.9. The van der Waals surface area contributed by atoms with Crippen LogP contribution < -0.4 is 0 Å². The van der Waals surface area contributed by atoms with Gasteiger partial charge in [0.05, 0.1) is 0 Å². The van der Waals surface area contributed by atoms with Gasteiger partial charge in [-0.3, -0.25) is 14.4 Å². The second-order valence-electron chi connectivity index (χ2n) is 7.61. The first-order valence-electron chi connectivity index (χ1n) is 10.9. The van der Waals surface area contributed by atoms with Gasteiger partial charge in [-0.1, -0.05) is 133 Å². The van der Waals surface area contributed by atoms with Gasteiger partial charge in [0.2, 0.25) is 11.6 Å². The second kappa shape index (κ2) is 10.8. The molecule has 0 saturated carbocycles. The number of hydrogen-bond donors (Lipinski definition) is 0. The number of carbonyl (C=O) groups is 3. The lowest BCUT2D eigenvalue weighted by molar-refractivity contribution is 0.0817. The summed E-state index contributed by atoms with van der Waals surface area (Å²) in [6.07, 6.45) is 0. The molecule has 0 unspecified atom stereocenters. The number of rotatable bonds is 5. The standard InChI is InChI=1S/C17H12O.C14H10O2/c18-17(14-8-2-1-3-9-14)16-12-6-10-13-7-4-5-11-15(13)16;15-13(11-7-3-1-4-8-11)14(16)12-9-5-2-6-10-12/h1-12H;1-10H. The normalized spacial score (nSPS) is 10.1. The lowest BCUT2D eigenvalue weighted by Gasteiger charge is -2.05. The molecular weight excluding hydrogens is 420 g/mol. The van der Waals surface area contributed by atoms with Crippen LogP contribution in [0.4, 0.5) is 0 Å². The Morgan fingerprint density at radius 3 is 1.32 bits per heavy atom. The summed E-state index contributed by atoms with van der Waals surface area (Å²) in [5.74, 6) is -0.856. The second-order valence-corrected chi connectivity index (χ2v) is 7.61. The maximum absolute atomic E-state index is 12.5. The van der Waals surface area contributed by atoms with Crippen molar-refractivity contribution in [1.29, 1.82) is 0 Å². The Bertz CT molecular complexity index is 1370. The molecule has 164 valence electrons. The van der Waals surface area contributed by atoms with Crippen molar-refractivity contribution in [2.45, 2.75) is 0 Å². The number of Topliss-reactive ketones (excluding diaryl/α,β-unsaturated/α-hetero) is 2. The first-order chi connectivity index (χ1) is 16.6. The van der Waals surface area contributed by atoms with Crippen LogP contribution >= 0.6 is 0 Å². The molecule has 0 atom stereocenters. The fourth-order valence-electron chi connectivity index (χ4n) is 3.61. The summed E-state index contributed by atoms with van der Waals surface area (Å²) >= 11 is 0. The summed E-state index contributed by atoms with van der Waals surface area (Å²) in [7, 11) is 0. The summed E-state index contributed by atoms with van der Waals surface area (Å²) in [6.45, 7) is 0. The highest BCUT2D eigenvalue weighted by atomic mass is 16.2. The molecule has 0 spiro atoms.